The minimum atomic E-state index is -3.98. The van der Waals surface area contributed by atoms with Crippen LogP contribution in [0.4, 0.5) is 5.82 Å². The first-order valence-corrected chi connectivity index (χ1v) is 13.8. The lowest BCUT2D eigenvalue weighted by molar-refractivity contribution is 0.0689. The molecule has 2 aliphatic rings. The summed E-state index contributed by atoms with van der Waals surface area (Å²) >= 11 is 6.25. The number of aromatic nitrogens is 2. The number of carbonyl (C=O) groups is 1. The van der Waals surface area contributed by atoms with Gasteiger partial charge in [-0.15, -0.1) is 0 Å². The van der Waals surface area contributed by atoms with Gasteiger partial charge in [-0.05, 0) is 67.9 Å². The molecule has 5 rings (SSSR count). The van der Waals surface area contributed by atoms with Crippen molar-refractivity contribution in [3.8, 4) is 0 Å². The van der Waals surface area contributed by atoms with Gasteiger partial charge in [-0.3, -0.25) is 8.98 Å². The molecule has 12 heteroatoms. The number of hydrogen-bond acceptors (Lipinski definition) is 9. The molecular formula is C25H27ClN4O6S. The van der Waals surface area contributed by atoms with Crippen LogP contribution >= 0.6 is 11.6 Å². The Morgan fingerprint density at radius 3 is 2.92 bits per heavy atom. The molecule has 1 aliphatic heterocycles. The third-order valence-corrected chi connectivity index (χ3v) is 7.52. The van der Waals surface area contributed by atoms with Crippen molar-refractivity contribution in [2.24, 2.45) is 11.1 Å². The molecule has 1 fully saturated rings. The van der Waals surface area contributed by atoms with E-state index in [0.717, 1.165) is 36.0 Å². The lowest BCUT2D eigenvalue weighted by Crippen LogP contribution is -2.22. The Hall–Kier alpha value is -2.83. The molecule has 1 saturated carbocycles. The number of nitrogens with two attached hydrogens (primary N) is 1. The number of halogens is 1. The smallest absolute Gasteiger partial charge is 0.333 e. The van der Waals surface area contributed by atoms with Gasteiger partial charge in [0.05, 0.1) is 18.8 Å². The summed E-state index contributed by atoms with van der Waals surface area (Å²) in [5, 5.41) is 8.85. The molecule has 3 aromatic rings. The van der Waals surface area contributed by atoms with Crippen LogP contribution in [0.15, 0.2) is 41.2 Å². The summed E-state index contributed by atoms with van der Waals surface area (Å²) < 4.78 is 38.9. The largest absolute Gasteiger partial charge is 0.457 e. The Morgan fingerprint density at radius 1 is 1.27 bits per heavy atom. The van der Waals surface area contributed by atoms with Crippen LogP contribution in [-0.2, 0) is 25.6 Å². The molecule has 0 amide bonds. The molecule has 3 atom stereocenters. The third kappa shape index (κ3) is 5.86. The maximum Gasteiger partial charge on any atom is 0.333 e. The molecule has 0 radical (unpaired) electrons. The van der Waals surface area contributed by atoms with Crippen molar-refractivity contribution in [2.75, 3.05) is 18.5 Å². The van der Waals surface area contributed by atoms with Crippen LogP contribution in [0.2, 0.25) is 5.02 Å². The summed E-state index contributed by atoms with van der Waals surface area (Å²) in [6.07, 6.45) is 5.41. The Labute approximate surface area is 219 Å². The van der Waals surface area contributed by atoms with Crippen LogP contribution in [0.25, 0.3) is 0 Å². The van der Waals surface area contributed by atoms with Gasteiger partial charge < -0.3 is 14.5 Å². The standard InChI is InChI=1S/C25H27ClN4O6S/c1-14-19(24-20-9-17(26)4-3-16(20)6-7-34-24)10-22(36-14)23(31)21-11-28-13-29-25(21)30-18-5-2-15(8-18)12-35-37(27,32)33/h3-4,9-11,13,15,18,24H,2,5-8,12H2,1H3,(H2,27,32,33)(H,28,29,30)/t15-,18+,24?/m1/s1. The second-order valence-electron chi connectivity index (χ2n) is 9.38. The topological polar surface area (TPSA) is 147 Å². The van der Waals surface area contributed by atoms with Gasteiger partial charge >= 0.3 is 10.3 Å². The van der Waals surface area contributed by atoms with Gasteiger partial charge in [-0.1, -0.05) is 17.7 Å². The molecule has 1 unspecified atom stereocenters. The number of nitrogens with one attached hydrogen (secondary N) is 1. The summed E-state index contributed by atoms with van der Waals surface area (Å²) in [6.45, 7) is 2.38. The molecule has 10 nitrogen and oxygen atoms in total. The van der Waals surface area contributed by atoms with Gasteiger partial charge in [-0.2, -0.15) is 8.42 Å². The first kappa shape index (κ1) is 25.8. The molecule has 1 aromatic carbocycles. The zero-order valence-corrected chi connectivity index (χ0v) is 21.7. The molecule has 3 N–H and O–H groups in total. The number of nitrogens with zero attached hydrogens (tertiary/aromatic N) is 2. The predicted octanol–water partition coefficient (Wildman–Crippen LogP) is 3.73. The molecule has 0 saturated heterocycles. The molecule has 2 aromatic heterocycles. The first-order chi connectivity index (χ1) is 17.7. The maximum atomic E-state index is 13.5. The van der Waals surface area contributed by atoms with Crippen molar-refractivity contribution >= 4 is 33.5 Å². The highest BCUT2D eigenvalue weighted by Crippen LogP contribution is 2.37. The number of aryl methyl sites for hydroxylation is 1. The predicted molar refractivity (Wildman–Crippen MR) is 136 cm³/mol. The van der Waals surface area contributed by atoms with E-state index in [1.807, 2.05) is 18.2 Å². The number of carbonyl (C=O) groups excluding carboxylic acids is 1. The summed E-state index contributed by atoms with van der Waals surface area (Å²) in [6, 6.07) is 7.46. The van der Waals surface area contributed by atoms with Crippen molar-refractivity contribution in [3.05, 3.63) is 75.6 Å². The Kier molecular flexibility index (Phi) is 7.32. The summed E-state index contributed by atoms with van der Waals surface area (Å²) in [4.78, 5) is 21.8. The molecule has 0 spiro atoms. The first-order valence-electron chi connectivity index (χ1n) is 12.0. The number of ketones is 1. The highest BCUT2D eigenvalue weighted by atomic mass is 35.5. The minimum absolute atomic E-state index is 0.0127. The van der Waals surface area contributed by atoms with E-state index in [-0.39, 0.29) is 41.8 Å². The van der Waals surface area contributed by atoms with E-state index in [2.05, 4.69) is 15.3 Å². The monoisotopic (exact) mass is 546 g/mol. The van der Waals surface area contributed by atoms with E-state index < -0.39 is 10.3 Å². The molecule has 1 aliphatic carbocycles. The molecule has 3 heterocycles. The van der Waals surface area contributed by atoms with Crippen LogP contribution in [0.5, 0.6) is 0 Å². The lowest BCUT2D eigenvalue weighted by Gasteiger charge is -2.26. The zero-order chi connectivity index (χ0) is 26.2. The number of ether oxygens (including phenoxy) is 1. The van der Waals surface area contributed by atoms with Crippen molar-refractivity contribution in [1.29, 1.82) is 0 Å². The van der Waals surface area contributed by atoms with Crippen molar-refractivity contribution in [2.45, 2.75) is 44.8 Å². The summed E-state index contributed by atoms with van der Waals surface area (Å²) in [7, 11) is -3.98. The van der Waals surface area contributed by atoms with Gasteiger partial charge in [0.15, 0.2) is 5.76 Å². The Morgan fingerprint density at radius 2 is 2.11 bits per heavy atom. The van der Waals surface area contributed by atoms with Crippen LogP contribution in [0.3, 0.4) is 0 Å². The number of fused-ring (bicyclic) bond motifs is 1. The Balaban J connectivity index is 1.34. The van der Waals surface area contributed by atoms with Gasteiger partial charge in [0, 0.05) is 22.8 Å². The van der Waals surface area contributed by atoms with E-state index in [0.29, 0.717) is 29.6 Å². The van der Waals surface area contributed by atoms with Crippen molar-refractivity contribution in [1.82, 2.24) is 9.97 Å². The normalized spacial score (nSPS) is 21.5. The fourth-order valence-corrected chi connectivity index (χ4v) is 5.59. The van der Waals surface area contributed by atoms with Gasteiger partial charge in [0.2, 0.25) is 5.78 Å². The van der Waals surface area contributed by atoms with E-state index in [1.165, 1.54) is 12.5 Å². The minimum Gasteiger partial charge on any atom is -0.457 e. The van der Waals surface area contributed by atoms with E-state index >= 15 is 0 Å². The molecule has 0 bridgehead atoms. The number of benzene rings is 1. The van der Waals surface area contributed by atoms with Gasteiger partial charge in [0.1, 0.15) is 24.0 Å². The van der Waals surface area contributed by atoms with Crippen LogP contribution < -0.4 is 10.5 Å². The highest BCUT2D eigenvalue weighted by molar-refractivity contribution is 7.84. The summed E-state index contributed by atoms with van der Waals surface area (Å²) in [5.41, 5.74) is 3.17. The van der Waals surface area contributed by atoms with Crippen LogP contribution in [0.1, 0.15) is 63.9 Å². The van der Waals surface area contributed by atoms with E-state index in [9.17, 15) is 13.2 Å². The number of hydrogen-bond donors (Lipinski definition) is 2. The number of furan rings is 1. The SMILES string of the molecule is Cc1oc(C(=O)c2cncnc2N[C@H]2CC[C@@H](COS(N)(=O)=O)C2)cc1C1OCCc2ccc(Cl)cc21. The molecule has 196 valence electrons. The number of anilines is 1. The highest BCUT2D eigenvalue weighted by Gasteiger charge is 2.30. The fraction of sp³-hybridized carbons (Fsp3) is 0.400. The van der Waals surface area contributed by atoms with E-state index in [4.69, 9.17) is 30.1 Å². The van der Waals surface area contributed by atoms with Crippen LogP contribution in [0, 0.1) is 12.8 Å². The quantitative estimate of drug-likeness (QED) is 0.403. The van der Waals surface area contributed by atoms with Crippen molar-refractivity contribution < 1.29 is 26.5 Å². The zero-order valence-electron chi connectivity index (χ0n) is 20.1. The summed E-state index contributed by atoms with van der Waals surface area (Å²) in [5.74, 6) is 0.806. The van der Waals surface area contributed by atoms with E-state index in [1.54, 1.807) is 13.0 Å². The fourth-order valence-electron chi connectivity index (χ4n) is 5.03. The number of rotatable bonds is 8. The average Bonchev–Trinajstić information content (AvgIpc) is 3.48. The van der Waals surface area contributed by atoms with Crippen LogP contribution in [-0.4, -0.2) is 43.4 Å². The molecular weight excluding hydrogens is 520 g/mol. The third-order valence-electron chi connectivity index (χ3n) is 6.82. The maximum absolute atomic E-state index is 13.5. The van der Waals surface area contributed by atoms with Gasteiger partial charge in [-0.25, -0.2) is 15.1 Å². The second kappa shape index (κ2) is 10.5. The second-order valence-corrected chi connectivity index (χ2v) is 11.0. The average molecular weight is 547 g/mol. The Bertz CT molecular complexity index is 1430. The van der Waals surface area contributed by atoms with Gasteiger partial charge in [0.25, 0.3) is 0 Å². The van der Waals surface area contributed by atoms with Crippen molar-refractivity contribution in [3.63, 3.8) is 0 Å². The lowest BCUT2D eigenvalue weighted by atomic mass is 9.93. The molecule has 37 heavy (non-hydrogen) atoms.